The number of para-hydroxylation sites is 1. The largest absolute Gasteiger partial charge is 0.493 e. The van der Waals surface area contributed by atoms with E-state index < -0.39 is 0 Å². The predicted molar refractivity (Wildman–Crippen MR) is 113 cm³/mol. The van der Waals surface area contributed by atoms with Crippen molar-refractivity contribution in [2.75, 3.05) is 52.4 Å². The summed E-state index contributed by atoms with van der Waals surface area (Å²) in [7, 11) is 4.67. The van der Waals surface area contributed by atoms with E-state index in [0.29, 0.717) is 46.8 Å². The van der Waals surface area contributed by atoms with Crippen LogP contribution in [0, 0.1) is 5.82 Å². The van der Waals surface area contributed by atoms with Crippen molar-refractivity contribution in [1.29, 1.82) is 0 Å². The summed E-state index contributed by atoms with van der Waals surface area (Å²) in [4.78, 5) is 8.80. The number of benzene rings is 2. The average Bonchev–Trinajstić information content (AvgIpc) is 3.27. The van der Waals surface area contributed by atoms with Crippen LogP contribution in [0.1, 0.15) is 5.89 Å². The van der Waals surface area contributed by atoms with E-state index >= 15 is 0 Å². The van der Waals surface area contributed by atoms with Gasteiger partial charge in [-0.25, -0.2) is 4.39 Å². The highest BCUT2D eigenvalue weighted by atomic mass is 19.1. The quantitative estimate of drug-likeness (QED) is 0.568. The van der Waals surface area contributed by atoms with Gasteiger partial charge in [0.05, 0.1) is 33.6 Å². The molecular formula is C22H25FN4O4. The molecule has 1 fully saturated rings. The molecule has 3 aromatic rings. The van der Waals surface area contributed by atoms with Crippen LogP contribution in [-0.2, 0) is 6.54 Å². The lowest BCUT2D eigenvalue weighted by molar-refractivity contribution is 0.215. The third-order valence-corrected chi connectivity index (χ3v) is 5.32. The van der Waals surface area contributed by atoms with E-state index in [1.807, 2.05) is 12.1 Å². The molecule has 1 saturated heterocycles. The molecule has 0 spiro atoms. The van der Waals surface area contributed by atoms with E-state index in [1.54, 1.807) is 39.5 Å². The van der Waals surface area contributed by atoms with Gasteiger partial charge in [-0.3, -0.25) is 4.90 Å². The first kappa shape index (κ1) is 20.9. The van der Waals surface area contributed by atoms with Crippen molar-refractivity contribution < 1.29 is 23.1 Å². The summed E-state index contributed by atoms with van der Waals surface area (Å²) in [6.07, 6.45) is 0. The SMILES string of the molecule is COc1cc(-c2noc(CN3CCN(c4ccccc4F)CC3)n2)cc(OC)c1OC. The average molecular weight is 428 g/mol. The normalized spacial score (nSPS) is 14.5. The lowest BCUT2D eigenvalue weighted by Crippen LogP contribution is -2.46. The number of halogens is 1. The molecule has 31 heavy (non-hydrogen) atoms. The minimum atomic E-state index is -0.192. The van der Waals surface area contributed by atoms with Crippen molar-refractivity contribution in [3.63, 3.8) is 0 Å². The molecule has 4 rings (SSSR count). The van der Waals surface area contributed by atoms with E-state index in [0.717, 1.165) is 26.2 Å². The van der Waals surface area contributed by atoms with E-state index in [4.69, 9.17) is 18.7 Å². The molecule has 0 aliphatic carbocycles. The Morgan fingerprint density at radius 2 is 1.65 bits per heavy atom. The molecule has 0 bridgehead atoms. The van der Waals surface area contributed by atoms with Gasteiger partial charge in [0, 0.05) is 31.7 Å². The molecule has 0 unspecified atom stereocenters. The van der Waals surface area contributed by atoms with Crippen molar-refractivity contribution >= 4 is 5.69 Å². The summed E-state index contributed by atoms with van der Waals surface area (Å²) in [5.41, 5.74) is 1.35. The first-order valence-corrected chi connectivity index (χ1v) is 9.97. The molecule has 164 valence electrons. The van der Waals surface area contributed by atoms with Crippen molar-refractivity contribution in [2.45, 2.75) is 6.54 Å². The first-order valence-electron chi connectivity index (χ1n) is 9.97. The number of ether oxygens (including phenoxy) is 3. The highest BCUT2D eigenvalue weighted by Gasteiger charge is 2.22. The zero-order chi connectivity index (χ0) is 21.8. The van der Waals surface area contributed by atoms with Gasteiger partial charge in [-0.15, -0.1) is 0 Å². The molecule has 9 heteroatoms. The number of anilines is 1. The predicted octanol–water partition coefficient (Wildman–Crippen LogP) is 3.22. The van der Waals surface area contributed by atoms with Gasteiger partial charge in [0.2, 0.25) is 17.5 Å². The maximum atomic E-state index is 14.0. The summed E-state index contributed by atoms with van der Waals surface area (Å²) >= 11 is 0. The molecule has 0 atom stereocenters. The molecular weight excluding hydrogens is 403 g/mol. The summed E-state index contributed by atoms with van der Waals surface area (Å²) in [5.74, 6) is 2.32. The monoisotopic (exact) mass is 428 g/mol. The van der Waals surface area contributed by atoms with E-state index in [9.17, 15) is 4.39 Å². The molecule has 0 amide bonds. The zero-order valence-corrected chi connectivity index (χ0v) is 17.8. The first-order chi connectivity index (χ1) is 15.1. The number of hydrogen-bond acceptors (Lipinski definition) is 8. The molecule has 2 aromatic carbocycles. The smallest absolute Gasteiger partial charge is 0.241 e. The maximum absolute atomic E-state index is 14.0. The fourth-order valence-electron chi connectivity index (χ4n) is 3.69. The van der Waals surface area contributed by atoms with Gasteiger partial charge in [-0.1, -0.05) is 17.3 Å². The van der Waals surface area contributed by atoms with Crippen LogP contribution in [0.3, 0.4) is 0 Å². The summed E-state index contributed by atoms with van der Waals surface area (Å²) in [5, 5.41) is 4.11. The Morgan fingerprint density at radius 1 is 0.968 bits per heavy atom. The second-order valence-corrected chi connectivity index (χ2v) is 7.14. The molecule has 0 radical (unpaired) electrons. The van der Waals surface area contributed by atoms with Gasteiger partial charge >= 0.3 is 0 Å². The fraction of sp³-hybridized carbons (Fsp3) is 0.364. The van der Waals surface area contributed by atoms with Crippen molar-refractivity contribution in [3.05, 3.63) is 48.1 Å². The third-order valence-electron chi connectivity index (χ3n) is 5.32. The van der Waals surface area contributed by atoms with Crippen molar-refractivity contribution in [3.8, 4) is 28.6 Å². The fourth-order valence-corrected chi connectivity index (χ4v) is 3.69. The second-order valence-electron chi connectivity index (χ2n) is 7.14. The molecule has 1 aliphatic rings. The number of aromatic nitrogens is 2. The standard InChI is InChI=1S/C22H25FN4O4/c1-28-18-12-15(13-19(29-2)21(18)30-3)22-24-20(31-25-22)14-26-8-10-27(11-9-26)17-7-5-4-6-16(17)23/h4-7,12-13H,8-11,14H2,1-3H3. The molecule has 1 aromatic heterocycles. The number of piperazine rings is 1. The van der Waals surface area contributed by atoms with Gasteiger partial charge in [-0.05, 0) is 24.3 Å². The topological polar surface area (TPSA) is 73.1 Å². The summed E-state index contributed by atoms with van der Waals surface area (Å²) < 4.78 is 35.6. The van der Waals surface area contributed by atoms with E-state index in [2.05, 4.69) is 19.9 Å². The van der Waals surface area contributed by atoms with Crippen LogP contribution in [0.4, 0.5) is 10.1 Å². The third kappa shape index (κ3) is 4.41. The maximum Gasteiger partial charge on any atom is 0.241 e. The second kappa shape index (κ2) is 9.22. The van der Waals surface area contributed by atoms with E-state index in [1.165, 1.54) is 6.07 Å². The molecule has 0 saturated carbocycles. The minimum absolute atomic E-state index is 0.192. The highest BCUT2D eigenvalue weighted by Crippen LogP contribution is 2.40. The van der Waals surface area contributed by atoms with Gasteiger partial charge in [0.25, 0.3) is 0 Å². The van der Waals surface area contributed by atoms with Crippen LogP contribution >= 0.6 is 0 Å². The lowest BCUT2D eigenvalue weighted by Gasteiger charge is -2.35. The summed E-state index contributed by atoms with van der Waals surface area (Å²) in [6.45, 7) is 3.54. The Labute approximate surface area is 180 Å². The Bertz CT molecular complexity index is 1010. The van der Waals surface area contributed by atoms with Crippen LogP contribution in [-0.4, -0.2) is 62.5 Å². The van der Waals surface area contributed by atoms with Crippen molar-refractivity contribution in [1.82, 2.24) is 15.0 Å². The van der Waals surface area contributed by atoms with Crippen LogP contribution in [0.5, 0.6) is 17.2 Å². The molecule has 8 nitrogen and oxygen atoms in total. The van der Waals surface area contributed by atoms with E-state index in [-0.39, 0.29) is 5.82 Å². The Hall–Kier alpha value is -3.33. The van der Waals surface area contributed by atoms with Gasteiger partial charge in [0.15, 0.2) is 11.5 Å². The molecule has 0 N–H and O–H groups in total. The van der Waals surface area contributed by atoms with Crippen LogP contribution in [0.15, 0.2) is 40.9 Å². The lowest BCUT2D eigenvalue weighted by atomic mass is 10.1. The van der Waals surface area contributed by atoms with Crippen molar-refractivity contribution in [2.24, 2.45) is 0 Å². The van der Waals surface area contributed by atoms with Crippen LogP contribution < -0.4 is 19.1 Å². The minimum Gasteiger partial charge on any atom is -0.493 e. The number of hydrogen-bond donors (Lipinski definition) is 0. The van der Waals surface area contributed by atoms with Gasteiger partial charge in [0.1, 0.15) is 5.82 Å². The summed E-state index contributed by atoms with van der Waals surface area (Å²) in [6, 6.07) is 10.4. The Balaban J connectivity index is 1.43. The number of nitrogens with zero attached hydrogens (tertiary/aromatic N) is 4. The van der Waals surface area contributed by atoms with Crippen LogP contribution in [0.2, 0.25) is 0 Å². The van der Waals surface area contributed by atoms with Gasteiger partial charge in [-0.2, -0.15) is 4.98 Å². The zero-order valence-electron chi connectivity index (χ0n) is 17.8. The number of rotatable bonds is 7. The Morgan fingerprint density at radius 3 is 2.26 bits per heavy atom. The Kier molecular flexibility index (Phi) is 6.22. The number of methoxy groups -OCH3 is 3. The molecule has 2 heterocycles. The molecule has 1 aliphatic heterocycles. The highest BCUT2D eigenvalue weighted by molar-refractivity contribution is 5.66. The van der Waals surface area contributed by atoms with Crippen LogP contribution in [0.25, 0.3) is 11.4 Å². The van der Waals surface area contributed by atoms with Gasteiger partial charge < -0.3 is 23.6 Å².